The van der Waals surface area contributed by atoms with E-state index in [4.69, 9.17) is 10.1 Å². The van der Waals surface area contributed by atoms with Crippen LogP contribution < -0.4 is 10.0 Å². The van der Waals surface area contributed by atoms with Gasteiger partial charge in [-0.3, -0.25) is 0 Å². The van der Waals surface area contributed by atoms with Gasteiger partial charge in [-0.1, -0.05) is 0 Å². The van der Waals surface area contributed by atoms with E-state index in [1.54, 1.807) is 16.2 Å². The van der Waals surface area contributed by atoms with Crippen LogP contribution in [-0.4, -0.2) is 26.5 Å². The third kappa shape index (κ3) is 4.29. The zero-order valence-electron chi connectivity index (χ0n) is 15.7. The molecule has 2 N–H and O–H groups in total. The molecule has 1 atom stereocenters. The summed E-state index contributed by atoms with van der Waals surface area (Å²) >= 11 is 1.70. The topological polar surface area (TPSA) is 76.3 Å². The quantitative estimate of drug-likeness (QED) is 0.773. The van der Waals surface area contributed by atoms with Gasteiger partial charge < -0.3 is 4.90 Å². The van der Waals surface area contributed by atoms with Crippen LogP contribution in [0.3, 0.4) is 0 Å². The fourth-order valence-corrected chi connectivity index (χ4v) is 5.96. The Morgan fingerprint density at radius 2 is 1.93 bits per heavy atom. The van der Waals surface area contributed by atoms with Crippen LogP contribution >= 0.6 is 11.3 Å². The number of thiazole rings is 1. The maximum Gasteiger partial charge on any atom is 0.418 e. The van der Waals surface area contributed by atoms with Crippen molar-refractivity contribution in [3.05, 3.63) is 39.3 Å². The summed E-state index contributed by atoms with van der Waals surface area (Å²) in [7, 11) is -4.22. The molecule has 4 rings (SSSR count). The van der Waals surface area contributed by atoms with E-state index >= 15 is 0 Å². The van der Waals surface area contributed by atoms with Gasteiger partial charge in [0.2, 0.25) is 10.0 Å². The highest BCUT2D eigenvalue weighted by molar-refractivity contribution is 7.89. The average Bonchev–Trinajstić information content (AvgIpc) is 3.10. The number of aryl methyl sites for hydroxylation is 2. The van der Waals surface area contributed by atoms with Crippen LogP contribution in [0.15, 0.2) is 23.1 Å². The maximum atomic E-state index is 13.7. The molecule has 1 saturated heterocycles. The molecule has 0 bridgehead atoms. The first-order valence-electron chi connectivity index (χ1n) is 9.60. The normalized spacial score (nSPS) is 20.6. The van der Waals surface area contributed by atoms with Crippen molar-refractivity contribution in [2.75, 3.05) is 18.0 Å². The molecule has 5 nitrogen and oxygen atoms in total. The zero-order valence-corrected chi connectivity index (χ0v) is 17.3. The largest absolute Gasteiger partial charge is 0.418 e. The van der Waals surface area contributed by atoms with Crippen LogP contribution in [0.25, 0.3) is 0 Å². The van der Waals surface area contributed by atoms with Crippen LogP contribution in [-0.2, 0) is 29.0 Å². The number of hydrogen-bond donors (Lipinski definition) is 1. The van der Waals surface area contributed by atoms with Gasteiger partial charge in [-0.05, 0) is 56.7 Å². The highest BCUT2D eigenvalue weighted by atomic mass is 32.2. The van der Waals surface area contributed by atoms with Gasteiger partial charge in [0.25, 0.3) is 0 Å². The Morgan fingerprint density at radius 3 is 2.62 bits per heavy atom. The van der Waals surface area contributed by atoms with E-state index in [2.05, 4.69) is 0 Å². The number of piperidine rings is 1. The summed E-state index contributed by atoms with van der Waals surface area (Å²) in [4.78, 5) is 7.28. The molecule has 1 aliphatic carbocycles. The Hall–Kier alpha value is -1.65. The summed E-state index contributed by atoms with van der Waals surface area (Å²) in [5, 5.41) is 6.04. The SMILES string of the molecule is NS(=O)(=O)c1ccc(N2CCCC(c3nc4c(s3)CCCC4)C2)c(C(F)(F)F)c1. The van der Waals surface area contributed by atoms with Gasteiger partial charge in [0, 0.05) is 29.6 Å². The Morgan fingerprint density at radius 1 is 1.17 bits per heavy atom. The molecule has 1 aromatic carbocycles. The second-order valence-corrected chi connectivity index (χ2v) is 10.3. The summed E-state index contributed by atoms with van der Waals surface area (Å²) in [5.74, 6) is 0.0818. The van der Waals surface area contributed by atoms with E-state index in [-0.39, 0.29) is 11.6 Å². The van der Waals surface area contributed by atoms with Crippen LogP contribution in [0.5, 0.6) is 0 Å². The molecule has 10 heteroatoms. The molecule has 1 aromatic heterocycles. The first-order chi connectivity index (χ1) is 13.6. The Labute approximate surface area is 171 Å². The van der Waals surface area contributed by atoms with E-state index in [9.17, 15) is 21.6 Å². The predicted molar refractivity (Wildman–Crippen MR) is 106 cm³/mol. The molecular weight excluding hydrogens is 423 g/mol. The molecule has 2 aromatic rings. The smallest absolute Gasteiger partial charge is 0.370 e. The number of primary sulfonamides is 1. The van der Waals surface area contributed by atoms with Crippen molar-refractivity contribution in [3.63, 3.8) is 0 Å². The highest BCUT2D eigenvalue weighted by Crippen LogP contribution is 2.41. The number of benzene rings is 1. The molecule has 1 fully saturated rings. The van der Waals surface area contributed by atoms with E-state index in [0.29, 0.717) is 19.2 Å². The number of fused-ring (bicyclic) bond motifs is 1. The second kappa shape index (κ2) is 7.55. The maximum absolute atomic E-state index is 13.7. The minimum atomic E-state index is -4.68. The minimum Gasteiger partial charge on any atom is -0.370 e. The van der Waals surface area contributed by atoms with Gasteiger partial charge in [0.15, 0.2) is 0 Å². The van der Waals surface area contributed by atoms with Crippen LogP contribution in [0, 0.1) is 0 Å². The molecule has 2 aliphatic rings. The van der Waals surface area contributed by atoms with E-state index in [1.807, 2.05) is 0 Å². The van der Waals surface area contributed by atoms with E-state index < -0.39 is 26.7 Å². The molecule has 1 aliphatic heterocycles. The number of aromatic nitrogens is 1. The Balaban J connectivity index is 1.65. The molecule has 0 radical (unpaired) electrons. The molecule has 2 heterocycles. The summed E-state index contributed by atoms with van der Waals surface area (Å²) < 4.78 is 64.1. The molecular formula is C19H22F3N3O2S2. The lowest BCUT2D eigenvalue weighted by Gasteiger charge is -2.35. The second-order valence-electron chi connectivity index (χ2n) is 7.64. The van der Waals surface area contributed by atoms with Crippen molar-refractivity contribution in [1.29, 1.82) is 0 Å². The van der Waals surface area contributed by atoms with Gasteiger partial charge in [0.1, 0.15) is 0 Å². The molecule has 0 saturated carbocycles. The standard InChI is InChI=1S/C19H22F3N3O2S2/c20-19(21,22)14-10-13(29(23,26)27)7-8-16(14)25-9-3-4-12(11-25)18-24-15-5-1-2-6-17(15)28-18/h7-8,10,12H,1-6,9,11H2,(H2,23,26,27). The number of alkyl halides is 3. The number of anilines is 1. The van der Waals surface area contributed by atoms with Gasteiger partial charge >= 0.3 is 6.18 Å². The number of sulfonamides is 1. The minimum absolute atomic E-state index is 0.00378. The van der Waals surface area contributed by atoms with Gasteiger partial charge in [0.05, 0.1) is 21.2 Å². The fraction of sp³-hybridized carbons (Fsp3) is 0.526. The molecule has 0 spiro atoms. The molecule has 1 unspecified atom stereocenters. The van der Waals surface area contributed by atoms with Crippen molar-refractivity contribution in [3.8, 4) is 0 Å². The monoisotopic (exact) mass is 445 g/mol. The molecule has 29 heavy (non-hydrogen) atoms. The Bertz CT molecular complexity index is 995. The lowest BCUT2D eigenvalue weighted by molar-refractivity contribution is -0.137. The van der Waals surface area contributed by atoms with Gasteiger partial charge in [-0.15, -0.1) is 11.3 Å². The van der Waals surface area contributed by atoms with Crippen LogP contribution in [0.1, 0.15) is 52.7 Å². The van der Waals surface area contributed by atoms with Crippen molar-refractivity contribution in [1.82, 2.24) is 4.98 Å². The lowest BCUT2D eigenvalue weighted by atomic mass is 9.97. The molecule has 0 amide bonds. The summed E-state index contributed by atoms with van der Waals surface area (Å²) in [6.07, 6.45) is 1.28. The Kier molecular flexibility index (Phi) is 5.37. The van der Waals surface area contributed by atoms with Gasteiger partial charge in [-0.25, -0.2) is 18.5 Å². The number of halogens is 3. The van der Waals surface area contributed by atoms with Crippen molar-refractivity contribution < 1.29 is 21.6 Å². The number of hydrogen-bond acceptors (Lipinski definition) is 5. The zero-order chi connectivity index (χ0) is 20.8. The lowest BCUT2D eigenvalue weighted by Crippen LogP contribution is -2.35. The summed E-state index contributed by atoms with van der Waals surface area (Å²) in [5.41, 5.74) is 0.181. The van der Waals surface area contributed by atoms with Crippen LogP contribution in [0.4, 0.5) is 18.9 Å². The van der Waals surface area contributed by atoms with Crippen molar-refractivity contribution in [2.24, 2.45) is 5.14 Å². The third-order valence-corrected chi connectivity index (χ3v) is 7.81. The van der Waals surface area contributed by atoms with E-state index in [1.165, 1.54) is 10.9 Å². The first kappa shape index (κ1) is 20.6. The van der Waals surface area contributed by atoms with Gasteiger partial charge in [-0.2, -0.15) is 13.2 Å². The third-order valence-electron chi connectivity index (χ3n) is 5.58. The number of rotatable bonds is 3. The highest BCUT2D eigenvalue weighted by Gasteiger charge is 2.37. The van der Waals surface area contributed by atoms with Crippen LogP contribution in [0.2, 0.25) is 0 Å². The number of nitrogens with two attached hydrogens (primary N) is 1. The summed E-state index contributed by atoms with van der Waals surface area (Å²) in [6.45, 7) is 0.920. The average molecular weight is 446 g/mol. The fourth-order valence-electron chi connectivity index (χ4n) is 4.14. The van der Waals surface area contributed by atoms with Crippen molar-refractivity contribution in [2.45, 2.75) is 55.5 Å². The molecule has 158 valence electrons. The first-order valence-corrected chi connectivity index (χ1v) is 12.0. The predicted octanol–water partition coefficient (Wildman–Crippen LogP) is 4.07. The van der Waals surface area contributed by atoms with Crippen molar-refractivity contribution >= 4 is 27.0 Å². The van der Waals surface area contributed by atoms with E-state index in [0.717, 1.165) is 55.3 Å². The summed E-state index contributed by atoms with van der Waals surface area (Å²) in [6, 6.07) is 3.00. The number of nitrogens with zero attached hydrogens (tertiary/aromatic N) is 2.